The van der Waals surface area contributed by atoms with Gasteiger partial charge < -0.3 is 13.6 Å². The first kappa shape index (κ1) is 15.6. The van der Waals surface area contributed by atoms with Gasteiger partial charge in [-0.3, -0.25) is 4.57 Å². The van der Waals surface area contributed by atoms with Crippen molar-refractivity contribution in [3.05, 3.63) is 35.0 Å². The van der Waals surface area contributed by atoms with Gasteiger partial charge in [0.25, 0.3) is 0 Å². The molecule has 0 spiro atoms. The van der Waals surface area contributed by atoms with Crippen molar-refractivity contribution >= 4 is 30.1 Å². The molecule has 0 aliphatic rings. The molecule has 0 amide bonds. The molecule has 0 aliphatic heterocycles. The molecular formula is C14H19ClNO3P. The third-order valence-electron chi connectivity index (χ3n) is 3.05. The lowest BCUT2D eigenvalue weighted by Gasteiger charge is -2.16. The van der Waals surface area contributed by atoms with E-state index in [1.54, 1.807) is 0 Å². The normalized spacial score (nSPS) is 12.2. The van der Waals surface area contributed by atoms with E-state index in [1.165, 1.54) is 0 Å². The molecule has 0 fully saturated rings. The van der Waals surface area contributed by atoms with Crippen LogP contribution >= 0.6 is 19.2 Å². The maximum absolute atomic E-state index is 12.6. The number of nitrogens with zero attached hydrogens (tertiary/aromatic N) is 1. The first-order chi connectivity index (χ1) is 9.49. The monoisotopic (exact) mass is 315 g/mol. The molecule has 20 heavy (non-hydrogen) atoms. The molecule has 0 bridgehead atoms. The Morgan fingerprint density at radius 1 is 1.25 bits per heavy atom. The highest BCUT2D eigenvalue weighted by atomic mass is 35.5. The molecule has 0 aliphatic carbocycles. The van der Waals surface area contributed by atoms with Gasteiger partial charge in [-0.2, -0.15) is 0 Å². The van der Waals surface area contributed by atoms with Gasteiger partial charge in [-0.25, -0.2) is 0 Å². The number of halogens is 1. The average Bonchev–Trinajstić information content (AvgIpc) is 2.66. The Hall–Kier alpha value is -0.800. The van der Waals surface area contributed by atoms with E-state index in [1.807, 2.05) is 49.9 Å². The van der Waals surface area contributed by atoms with Gasteiger partial charge in [0, 0.05) is 29.2 Å². The number of hydrogen-bond acceptors (Lipinski definition) is 3. The van der Waals surface area contributed by atoms with Gasteiger partial charge in [0.1, 0.15) is 0 Å². The summed E-state index contributed by atoms with van der Waals surface area (Å²) >= 11 is 6.05. The number of aromatic nitrogens is 1. The van der Waals surface area contributed by atoms with Crippen LogP contribution in [0.3, 0.4) is 0 Å². The molecule has 0 radical (unpaired) electrons. The highest BCUT2D eigenvalue weighted by Crippen LogP contribution is 2.52. The zero-order valence-corrected chi connectivity index (χ0v) is 13.6. The number of hydrogen-bond donors (Lipinski definition) is 0. The van der Waals surface area contributed by atoms with Crippen molar-refractivity contribution in [3.8, 4) is 0 Å². The summed E-state index contributed by atoms with van der Waals surface area (Å²) in [6.45, 7) is 4.35. The Morgan fingerprint density at radius 3 is 2.50 bits per heavy atom. The van der Waals surface area contributed by atoms with Gasteiger partial charge in [-0.05, 0) is 37.6 Å². The summed E-state index contributed by atoms with van der Waals surface area (Å²) in [4.78, 5) is 0. The molecule has 0 N–H and O–H groups in total. The van der Waals surface area contributed by atoms with E-state index in [0.29, 0.717) is 18.2 Å². The number of fused-ring (bicyclic) bond motifs is 1. The van der Waals surface area contributed by atoms with Crippen LogP contribution in [0.4, 0.5) is 0 Å². The summed E-state index contributed by atoms with van der Waals surface area (Å²) < 4.78 is 25.3. The largest absolute Gasteiger partial charge is 0.350 e. The van der Waals surface area contributed by atoms with E-state index in [4.69, 9.17) is 20.6 Å². The van der Waals surface area contributed by atoms with Crippen molar-refractivity contribution in [3.63, 3.8) is 0 Å². The van der Waals surface area contributed by atoms with Gasteiger partial charge in [0.2, 0.25) is 0 Å². The first-order valence-electron chi connectivity index (χ1n) is 6.60. The fraction of sp³-hybridized carbons (Fsp3) is 0.429. The van der Waals surface area contributed by atoms with Crippen molar-refractivity contribution in [2.75, 3.05) is 13.2 Å². The van der Waals surface area contributed by atoms with E-state index < -0.39 is 7.60 Å². The Balaban J connectivity index is 2.42. The van der Waals surface area contributed by atoms with Crippen LogP contribution in [-0.2, 0) is 26.8 Å². The van der Waals surface area contributed by atoms with Gasteiger partial charge in [-0.1, -0.05) is 11.6 Å². The second-order valence-electron chi connectivity index (χ2n) is 4.53. The van der Waals surface area contributed by atoms with E-state index in [0.717, 1.165) is 16.5 Å². The summed E-state index contributed by atoms with van der Waals surface area (Å²) in [7, 11) is -1.15. The van der Waals surface area contributed by atoms with Crippen LogP contribution in [0.25, 0.3) is 10.9 Å². The highest BCUT2D eigenvalue weighted by Gasteiger charge is 2.26. The Labute approximate surface area is 124 Å². The van der Waals surface area contributed by atoms with Crippen molar-refractivity contribution in [2.24, 2.45) is 7.05 Å². The Bertz CT molecular complexity index is 643. The number of aryl methyl sites for hydroxylation is 1. The number of rotatable bonds is 6. The van der Waals surface area contributed by atoms with Crippen LogP contribution in [0.1, 0.15) is 19.4 Å². The summed E-state index contributed by atoms with van der Waals surface area (Å²) in [6.07, 6.45) is 2.21. The summed E-state index contributed by atoms with van der Waals surface area (Å²) in [5, 5.41) is 1.65. The third-order valence-corrected chi connectivity index (χ3v) is 5.32. The van der Waals surface area contributed by atoms with Crippen molar-refractivity contribution < 1.29 is 13.6 Å². The fourth-order valence-electron chi connectivity index (χ4n) is 2.30. The Kier molecular flexibility index (Phi) is 4.92. The van der Waals surface area contributed by atoms with E-state index in [2.05, 4.69) is 0 Å². The minimum atomic E-state index is -3.10. The van der Waals surface area contributed by atoms with Gasteiger partial charge in [-0.15, -0.1) is 0 Å². The van der Waals surface area contributed by atoms with Crippen molar-refractivity contribution in [1.82, 2.24) is 4.57 Å². The predicted molar refractivity (Wildman–Crippen MR) is 82.5 cm³/mol. The van der Waals surface area contributed by atoms with E-state index in [-0.39, 0.29) is 6.16 Å². The van der Waals surface area contributed by atoms with Crippen LogP contribution in [0.2, 0.25) is 5.02 Å². The standard InChI is InChI=1S/C14H19ClNO3P/c1-4-18-20(17,19-5-2)10-11-9-16(3)14-7-6-12(15)8-13(11)14/h6-9H,4-5,10H2,1-3H3. The first-order valence-corrected chi connectivity index (χ1v) is 8.71. The molecule has 1 aromatic heterocycles. The van der Waals surface area contributed by atoms with Gasteiger partial charge in [0.15, 0.2) is 0 Å². The minimum absolute atomic E-state index is 0.256. The van der Waals surface area contributed by atoms with E-state index >= 15 is 0 Å². The topological polar surface area (TPSA) is 40.5 Å². The molecule has 0 saturated heterocycles. The summed E-state index contributed by atoms with van der Waals surface area (Å²) in [6, 6.07) is 5.68. The second kappa shape index (κ2) is 6.31. The SMILES string of the molecule is CCOP(=O)(Cc1cn(C)c2ccc(Cl)cc12)OCC. The predicted octanol–water partition coefficient (Wildman–Crippen LogP) is 4.60. The molecule has 110 valence electrons. The van der Waals surface area contributed by atoms with Crippen LogP contribution in [0.15, 0.2) is 24.4 Å². The van der Waals surface area contributed by atoms with Gasteiger partial charge in [0.05, 0.1) is 19.4 Å². The average molecular weight is 316 g/mol. The van der Waals surface area contributed by atoms with Crippen LogP contribution in [0.5, 0.6) is 0 Å². The summed E-state index contributed by atoms with van der Waals surface area (Å²) in [5.74, 6) is 0. The molecule has 0 saturated carbocycles. The lowest BCUT2D eigenvalue weighted by molar-refractivity contribution is 0.219. The van der Waals surface area contributed by atoms with Gasteiger partial charge >= 0.3 is 7.60 Å². The zero-order valence-electron chi connectivity index (χ0n) is 11.9. The molecular weight excluding hydrogens is 297 g/mol. The number of benzene rings is 1. The van der Waals surface area contributed by atoms with Crippen LogP contribution < -0.4 is 0 Å². The molecule has 6 heteroatoms. The van der Waals surface area contributed by atoms with Crippen LogP contribution in [-0.4, -0.2) is 17.8 Å². The lowest BCUT2D eigenvalue weighted by Crippen LogP contribution is -1.98. The highest BCUT2D eigenvalue weighted by molar-refractivity contribution is 7.53. The second-order valence-corrected chi connectivity index (χ2v) is 7.02. The molecule has 2 rings (SSSR count). The van der Waals surface area contributed by atoms with E-state index in [9.17, 15) is 4.57 Å². The fourth-order valence-corrected chi connectivity index (χ4v) is 4.19. The van der Waals surface area contributed by atoms with Crippen molar-refractivity contribution in [2.45, 2.75) is 20.0 Å². The summed E-state index contributed by atoms with van der Waals surface area (Å²) in [5.41, 5.74) is 1.97. The molecule has 0 atom stereocenters. The molecule has 0 unspecified atom stereocenters. The smallest absolute Gasteiger partial charge is 0.335 e. The van der Waals surface area contributed by atoms with Crippen molar-refractivity contribution in [1.29, 1.82) is 0 Å². The molecule has 1 aromatic carbocycles. The quantitative estimate of drug-likeness (QED) is 0.732. The molecule has 1 heterocycles. The maximum Gasteiger partial charge on any atom is 0.335 e. The third kappa shape index (κ3) is 3.26. The Morgan fingerprint density at radius 2 is 1.90 bits per heavy atom. The lowest BCUT2D eigenvalue weighted by atomic mass is 10.2. The molecule has 4 nitrogen and oxygen atoms in total. The van der Waals surface area contributed by atoms with Crippen LogP contribution in [0, 0.1) is 0 Å². The maximum atomic E-state index is 12.6. The minimum Gasteiger partial charge on any atom is -0.350 e. The molecule has 2 aromatic rings. The zero-order chi connectivity index (χ0) is 14.8.